The quantitative estimate of drug-likeness (QED) is 0.826. The molecule has 5 nitrogen and oxygen atoms in total. The Kier molecular flexibility index (Phi) is 2.73. The van der Waals surface area contributed by atoms with Gasteiger partial charge in [-0.1, -0.05) is 4.49 Å². The smallest absolute Gasteiger partial charge is 0.203 e. The van der Waals surface area contributed by atoms with Crippen LogP contribution in [0.3, 0.4) is 0 Å². The Bertz CT molecular complexity index is 380. The average Bonchev–Trinajstić information content (AvgIpc) is 2.85. The van der Waals surface area contributed by atoms with Crippen LogP contribution in [-0.4, -0.2) is 19.1 Å². The number of aromatic nitrogens is 4. The van der Waals surface area contributed by atoms with E-state index in [1.807, 2.05) is 16.1 Å². The molecule has 0 spiro atoms. The van der Waals surface area contributed by atoms with Crippen molar-refractivity contribution in [2.75, 3.05) is 5.32 Å². The summed E-state index contributed by atoms with van der Waals surface area (Å²) in [7, 11) is 0. The number of nitrogens with one attached hydrogen (secondary N) is 1. The molecule has 1 N–H and O–H groups in total. The zero-order chi connectivity index (χ0) is 9.80. The topological polar surface area (TPSA) is 55.6 Å². The van der Waals surface area contributed by atoms with Crippen molar-refractivity contribution >= 4 is 17.5 Å². The zero-order valence-corrected chi connectivity index (χ0v) is 8.66. The molecule has 0 fully saturated rings. The second-order valence-corrected chi connectivity index (χ2v) is 3.40. The number of hydrogen-bond acceptors (Lipinski definition) is 5. The van der Waals surface area contributed by atoms with Crippen LogP contribution in [0.4, 0.5) is 5.95 Å². The van der Waals surface area contributed by atoms with Crippen LogP contribution in [0.25, 0.3) is 0 Å². The Morgan fingerprint density at radius 1 is 1.57 bits per heavy atom. The number of nitrogens with zero attached hydrogens (tertiary/aromatic N) is 4. The van der Waals surface area contributed by atoms with Gasteiger partial charge in [0.25, 0.3) is 0 Å². The lowest BCUT2D eigenvalue weighted by atomic mass is 10.5. The van der Waals surface area contributed by atoms with Gasteiger partial charge in [-0.15, -0.1) is 5.10 Å². The van der Waals surface area contributed by atoms with Gasteiger partial charge in [-0.25, -0.2) is 4.98 Å². The number of anilines is 1. The van der Waals surface area contributed by atoms with Gasteiger partial charge >= 0.3 is 0 Å². The first-order chi connectivity index (χ1) is 6.90. The van der Waals surface area contributed by atoms with Crippen molar-refractivity contribution in [2.24, 2.45) is 0 Å². The average molecular weight is 209 g/mol. The lowest BCUT2D eigenvalue weighted by Crippen LogP contribution is -2.06. The lowest BCUT2D eigenvalue weighted by Gasteiger charge is -2.05. The Hall–Kier alpha value is -1.43. The normalized spacial score (nSPS) is 10.4. The first-order valence-corrected chi connectivity index (χ1v) is 5.24. The van der Waals surface area contributed by atoms with Gasteiger partial charge in [0.15, 0.2) is 0 Å². The molecule has 2 aromatic rings. The van der Waals surface area contributed by atoms with Crippen molar-refractivity contribution < 1.29 is 0 Å². The van der Waals surface area contributed by atoms with Gasteiger partial charge in [-0.3, -0.25) is 0 Å². The molecule has 0 amide bonds. The van der Waals surface area contributed by atoms with E-state index in [1.165, 1.54) is 11.5 Å². The summed E-state index contributed by atoms with van der Waals surface area (Å²) in [6.07, 6.45) is 3.73. The number of aryl methyl sites for hydroxylation is 1. The monoisotopic (exact) mass is 209 g/mol. The van der Waals surface area contributed by atoms with Crippen molar-refractivity contribution in [1.29, 1.82) is 0 Å². The molecular weight excluding hydrogens is 198 g/mol. The molecule has 6 heteroatoms. The summed E-state index contributed by atoms with van der Waals surface area (Å²) in [6.45, 7) is 3.67. The minimum atomic E-state index is 0.674. The Balaban J connectivity index is 1.98. The van der Waals surface area contributed by atoms with Crippen LogP contribution in [0, 0.1) is 0 Å². The van der Waals surface area contributed by atoms with E-state index < -0.39 is 0 Å². The first-order valence-electron chi connectivity index (χ1n) is 4.41. The minimum absolute atomic E-state index is 0.674. The molecule has 0 aliphatic carbocycles. The highest BCUT2D eigenvalue weighted by Crippen LogP contribution is 2.06. The minimum Gasteiger partial charge on any atom is -0.350 e. The summed E-state index contributed by atoms with van der Waals surface area (Å²) >= 11 is 1.36. The molecule has 0 radical (unpaired) electrons. The van der Waals surface area contributed by atoms with E-state index in [0.29, 0.717) is 6.54 Å². The maximum absolute atomic E-state index is 4.19. The summed E-state index contributed by atoms with van der Waals surface area (Å²) in [5.74, 6) is 0.875. The largest absolute Gasteiger partial charge is 0.350 e. The van der Waals surface area contributed by atoms with E-state index in [2.05, 4.69) is 26.8 Å². The fraction of sp³-hybridized carbons (Fsp3) is 0.375. The molecule has 14 heavy (non-hydrogen) atoms. The molecule has 2 rings (SSSR count). The molecule has 0 aliphatic heterocycles. The van der Waals surface area contributed by atoms with Crippen molar-refractivity contribution in [3.63, 3.8) is 0 Å². The number of imidazole rings is 1. The third kappa shape index (κ3) is 1.90. The summed E-state index contributed by atoms with van der Waals surface area (Å²) < 4.78 is 5.83. The molecule has 0 aromatic carbocycles. The zero-order valence-electron chi connectivity index (χ0n) is 7.84. The van der Waals surface area contributed by atoms with E-state index in [-0.39, 0.29) is 0 Å². The third-order valence-corrected chi connectivity index (χ3v) is 2.44. The molecule has 0 saturated heterocycles. The second-order valence-electron chi connectivity index (χ2n) is 2.79. The maximum Gasteiger partial charge on any atom is 0.203 e. The van der Waals surface area contributed by atoms with E-state index in [9.17, 15) is 0 Å². The molecule has 2 heterocycles. The highest BCUT2D eigenvalue weighted by molar-refractivity contribution is 7.03. The van der Waals surface area contributed by atoms with Crippen molar-refractivity contribution in [2.45, 2.75) is 20.0 Å². The van der Waals surface area contributed by atoms with E-state index in [1.54, 1.807) is 6.20 Å². The van der Waals surface area contributed by atoms with Crippen LogP contribution in [-0.2, 0) is 13.1 Å². The summed E-state index contributed by atoms with van der Waals surface area (Å²) in [5, 5.41) is 9.07. The van der Waals surface area contributed by atoms with Gasteiger partial charge in [-0.2, -0.15) is 0 Å². The summed E-state index contributed by atoms with van der Waals surface area (Å²) in [5.41, 5.74) is 0.945. The van der Waals surface area contributed by atoms with Gasteiger partial charge in [0.1, 0.15) is 0 Å². The second kappa shape index (κ2) is 4.19. The van der Waals surface area contributed by atoms with Crippen molar-refractivity contribution in [3.8, 4) is 0 Å². The van der Waals surface area contributed by atoms with Crippen LogP contribution >= 0.6 is 11.5 Å². The molecule has 0 atom stereocenters. The highest BCUT2D eigenvalue weighted by atomic mass is 32.1. The molecule has 74 valence electrons. The molecule has 0 bridgehead atoms. The predicted molar refractivity (Wildman–Crippen MR) is 55.1 cm³/mol. The third-order valence-electron chi connectivity index (χ3n) is 1.89. The van der Waals surface area contributed by atoms with Crippen molar-refractivity contribution in [3.05, 3.63) is 23.5 Å². The standard InChI is InChI=1S/C8H11N5S/c1-2-13-4-3-9-8(13)10-5-7-6-14-12-11-7/h3-4,6H,2,5H2,1H3,(H,9,10). The van der Waals surface area contributed by atoms with E-state index in [0.717, 1.165) is 18.2 Å². The van der Waals surface area contributed by atoms with E-state index >= 15 is 0 Å². The fourth-order valence-electron chi connectivity index (χ4n) is 1.16. The molecule has 0 aliphatic rings. The summed E-state index contributed by atoms with van der Waals surface area (Å²) in [6, 6.07) is 0. The molecule has 2 aromatic heterocycles. The van der Waals surface area contributed by atoms with Gasteiger partial charge < -0.3 is 9.88 Å². The Labute approximate surface area is 86.0 Å². The predicted octanol–water partition coefficient (Wildman–Crippen LogP) is 1.37. The van der Waals surface area contributed by atoms with Crippen LogP contribution in [0.15, 0.2) is 17.8 Å². The Morgan fingerprint density at radius 2 is 2.50 bits per heavy atom. The van der Waals surface area contributed by atoms with Crippen molar-refractivity contribution in [1.82, 2.24) is 19.1 Å². The van der Waals surface area contributed by atoms with Crippen LogP contribution < -0.4 is 5.32 Å². The summed E-state index contributed by atoms with van der Waals surface area (Å²) in [4.78, 5) is 4.19. The van der Waals surface area contributed by atoms with Crippen LogP contribution in [0.5, 0.6) is 0 Å². The lowest BCUT2D eigenvalue weighted by molar-refractivity contribution is 0.761. The van der Waals surface area contributed by atoms with E-state index in [4.69, 9.17) is 0 Å². The SMILES string of the molecule is CCn1ccnc1NCc1csnn1. The highest BCUT2D eigenvalue weighted by Gasteiger charge is 2.01. The van der Waals surface area contributed by atoms with Gasteiger partial charge in [0.2, 0.25) is 5.95 Å². The molecule has 0 saturated carbocycles. The molecule has 0 unspecified atom stereocenters. The van der Waals surface area contributed by atoms with Crippen LogP contribution in [0.1, 0.15) is 12.6 Å². The number of rotatable bonds is 4. The Morgan fingerprint density at radius 3 is 3.21 bits per heavy atom. The number of hydrogen-bond donors (Lipinski definition) is 1. The fourth-order valence-corrected chi connectivity index (χ4v) is 1.61. The van der Waals surface area contributed by atoms with Gasteiger partial charge in [0.05, 0.1) is 12.2 Å². The molecular formula is C8H11N5S. The van der Waals surface area contributed by atoms with Gasteiger partial charge in [0, 0.05) is 24.3 Å². The first kappa shape index (κ1) is 9.14. The maximum atomic E-state index is 4.19. The van der Waals surface area contributed by atoms with Gasteiger partial charge in [-0.05, 0) is 18.5 Å². The van der Waals surface area contributed by atoms with Crippen LogP contribution in [0.2, 0.25) is 0 Å².